The Balaban J connectivity index is 1.65. The summed E-state index contributed by atoms with van der Waals surface area (Å²) in [5.74, 6) is 1.36. The van der Waals surface area contributed by atoms with Crippen molar-refractivity contribution >= 4 is 16.8 Å². The number of benzene rings is 2. The van der Waals surface area contributed by atoms with E-state index < -0.39 is 0 Å². The molecule has 1 N–H and O–H groups in total. The molecule has 1 amide bonds. The summed E-state index contributed by atoms with van der Waals surface area (Å²) < 4.78 is 5.16. The van der Waals surface area contributed by atoms with Gasteiger partial charge in [-0.15, -0.1) is 0 Å². The number of carbonyl (C=O) groups is 1. The highest BCUT2D eigenvalue weighted by Gasteiger charge is 2.13. The molecule has 0 unspecified atom stereocenters. The Morgan fingerprint density at radius 3 is 2.59 bits per heavy atom. The van der Waals surface area contributed by atoms with Gasteiger partial charge in [-0.3, -0.25) is 9.59 Å². The number of methoxy groups -OCH3 is 1. The van der Waals surface area contributed by atoms with Crippen LogP contribution in [-0.2, 0) is 17.8 Å². The van der Waals surface area contributed by atoms with Gasteiger partial charge in [0.15, 0.2) is 0 Å². The first-order valence-corrected chi connectivity index (χ1v) is 8.99. The van der Waals surface area contributed by atoms with Crippen molar-refractivity contribution in [3.8, 4) is 5.75 Å². The average Bonchev–Trinajstić information content (AvgIpc) is 2.70. The normalized spacial score (nSPS) is 10.7. The van der Waals surface area contributed by atoms with E-state index in [0.29, 0.717) is 42.7 Å². The monoisotopic (exact) mass is 365 g/mol. The number of aromatic nitrogens is 2. The zero-order valence-corrected chi connectivity index (χ0v) is 15.6. The number of nitrogens with zero attached hydrogens (tertiary/aromatic N) is 2. The lowest BCUT2D eigenvalue weighted by atomic mass is 10.2. The number of aryl methyl sites for hydroxylation is 1. The van der Waals surface area contributed by atoms with Gasteiger partial charge in [0.2, 0.25) is 5.91 Å². The number of aromatic amines is 1. The predicted molar refractivity (Wildman–Crippen MR) is 105 cm³/mol. The van der Waals surface area contributed by atoms with Gasteiger partial charge in [0.1, 0.15) is 11.6 Å². The Bertz CT molecular complexity index is 980. The molecule has 0 bridgehead atoms. The van der Waals surface area contributed by atoms with Crippen molar-refractivity contribution in [3.63, 3.8) is 0 Å². The maximum absolute atomic E-state index is 12.6. The van der Waals surface area contributed by atoms with Gasteiger partial charge >= 0.3 is 0 Å². The third-order valence-electron chi connectivity index (χ3n) is 4.50. The molecule has 6 nitrogen and oxygen atoms in total. The van der Waals surface area contributed by atoms with Crippen molar-refractivity contribution in [1.82, 2.24) is 14.9 Å². The molecule has 0 atom stereocenters. The van der Waals surface area contributed by atoms with Gasteiger partial charge in [0.05, 0.1) is 18.0 Å². The van der Waals surface area contributed by atoms with Crippen LogP contribution < -0.4 is 10.3 Å². The summed E-state index contributed by atoms with van der Waals surface area (Å²) in [6.45, 7) is 3.12. The van der Waals surface area contributed by atoms with Crippen LogP contribution in [0.4, 0.5) is 0 Å². The second-order valence-electron chi connectivity index (χ2n) is 6.29. The van der Waals surface area contributed by atoms with Crippen LogP contribution in [-0.4, -0.2) is 34.4 Å². The lowest BCUT2D eigenvalue weighted by Crippen LogP contribution is -2.30. The zero-order valence-electron chi connectivity index (χ0n) is 15.6. The van der Waals surface area contributed by atoms with E-state index in [0.717, 1.165) is 11.3 Å². The minimum atomic E-state index is -0.173. The number of amides is 1. The van der Waals surface area contributed by atoms with Crippen LogP contribution in [0.25, 0.3) is 10.9 Å². The third-order valence-corrected chi connectivity index (χ3v) is 4.50. The van der Waals surface area contributed by atoms with E-state index in [-0.39, 0.29) is 11.5 Å². The predicted octanol–water partition coefficient (Wildman–Crippen LogP) is 2.91. The van der Waals surface area contributed by atoms with E-state index in [1.807, 2.05) is 37.3 Å². The lowest BCUT2D eigenvalue weighted by molar-refractivity contribution is -0.131. The van der Waals surface area contributed by atoms with Gasteiger partial charge < -0.3 is 14.6 Å². The van der Waals surface area contributed by atoms with Crippen LogP contribution in [0.15, 0.2) is 53.3 Å². The zero-order chi connectivity index (χ0) is 19.2. The first kappa shape index (κ1) is 18.6. The van der Waals surface area contributed by atoms with Gasteiger partial charge in [-0.05, 0) is 36.8 Å². The summed E-state index contributed by atoms with van der Waals surface area (Å²) in [6.07, 6.45) is 0.698. The number of hydrogen-bond acceptors (Lipinski definition) is 4. The van der Waals surface area contributed by atoms with Crippen LogP contribution >= 0.6 is 0 Å². The van der Waals surface area contributed by atoms with Crippen molar-refractivity contribution in [2.75, 3.05) is 13.7 Å². The van der Waals surface area contributed by atoms with Gasteiger partial charge in [-0.1, -0.05) is 24.3 Å². The number of para-hydroxylation sites is 1. The highest BCUT2D eigenvalue weighted by atomic mass is 16.5. The molecule has 0 aliphatic rings. The minimum Gasteiger partial charge on any atom is -0.497 e. The van der Waals surface area contributed by atoms with E-state index in [1.54, 1.807) is 30.2 Å². The average molecular weight is 365 g/mol. The second kappa shape index (κ2) is 8.49. The summed E-state index contributed by atoms with van der Waals surface area (Å²) in [7, 11) is 1.63. The summed E-state index contributed by atoms with van der Waals surface area (Å²) in [5, 5.41) is 0.558. The highest BCUT2D eigenvalue weighted by Crippen LogP contribution is 2.14. The Labute approximate surface area is 157 Å². The van der Waals surface area contributed by atoms with Crippen LogP contribution in [0, 0.1) is 0 Å². The molecule has 0 aliphatic heterocycles. The Morgan fingerprint density at radius 1 is 1.15 bits per heavy atom. The fraction of sp³-hybridized carbons (Fsp3) is 0.286. The molecule has 1 aromatic heterocycles. The molecule has 1 heterocycles. The molecule has 140 valence electrons. The van der Waals surface area contributed by atoms with Gasteiger partial charge in [0, 0.05) is 25.9 Å². The molecule has 0 spiro atoms. The molecule has 0 radical (unpaired) electrons. The second-order valence-corrected chi connectivity index (χ2v) is 6.29. The molecule has 3 aromatic rings. The summed E-state index contributed by atoms with van der Waals surface area (Å²) in [4.78, 5) is 33.8. The van der Waals surface area contributed by atoms with Crippen LogP contribution in [0.2, 0.25) is 0 Å². The number of H-pyrrole nitrogens is 1. The molecular formula is C21H23N3O3. The van der Waals surface area contributed by atoms with Crippen LogP contribution in [0.1, 0.15) is 24.7 Å². The minimum absolute atomic E-state index is 0.0316. The van der Waals surface area contributed by atoms with Crippen molar-refractivity contribution in [2.45, 2.75) is 26.3 Å². The molecule has 0 saturated heterocycles. The van der Waals surface area contributed by atoms with Gasteiger partial charge in [0.25, 0.3) is 5.56 Å². The smallest absolute Gasteiger partial charge is 0.258 e. The summed E-state index contributed by atoms with van der Waals surface area (Å²) in [5.41, 5.74) is 1.52. The fourth-order valence-corrected chi connectivity index (χ4v) is 2.96. The molecule has 2 aromatic carbocycles. The Kier molecular flexibility index (Phi) is 5.86. The van der Waals surface area contributed by atoms with E-state index in [2.05, 4.69) is 9.97 Å². The molecule has 3 rings (SSSR count). The maximum Gasteiger partial charge on any atom is 0.258 e. The topological polar surface area (TPSA) is 75.3 Å². The SMILES string of the molecule is CCN(Cc1ccc(OC)cc1)C(=O)CCc1nc2ccccc2c(=O)[nH]1. The van der Waals surface area contributed by atoms with Gasteiger partial charge in [-0.2, -0.15) is 0 Å². The Hall–Kier alpha value is -3.15. The highest BCUT2D eigenvalue weighted by molar-refractivity contribution is 5.78. The molecule has 0 aliphatic carbocycles. The van der Waals surface area contributed by atoms with Gasteiger partial charge in [-0.25, -0.2) is 4.98 Å². The standard InChI is InChI=1S/C21H23N3O3/c1-3-24(14-15-8-10-16(27-2)11-9-15)20(25)13-12-19-22-18-7-5-4-6-17(18)21(26)23-19/h4-11H,3,12-14H2,1-2H3,(H,22,23,26). The number of ether oxygens (including phenoxy) is 1. The molecule has 27 heavy (non-hydrogen) atoms. The van der Waals surface area contributed by atoms with E-state index in [1.165, 1.54) is 0 Å². The van der Waals surface area contributed by atoms with Crippen LogP contribution in [0.3, 0.4) is 0 Å². The molecule has 6 heteroatoms. The summed E-state index contributed by atoms with van der Waals surface area (Å²) in [6, 6.07) is 14.9. The van der Waals surface area contributed by atoms with Crippen molar-refractivity contribution in [3.05, 3.63) is 70.3 Å². The largest absolute Gasteiger partial charge is 0.497 e. The van der Waals surface area contributed by atoms with Crippen molar-refractivity contribution < 1.29 is 9.53 Å². The van der Waals surface area contributed by atoms with E-state index >= 15 is 0 Å². The maximum atomic E-state index is 12.6. The van der Waals surface area contributed by atoms with E-state index in [9.17, 15) is 9.59 Å². The number of nitrogens with one attached hydrogen (secondary N) is 1. The van der Waals surface area contributed by atoms with Crippen molar-refractivity contribution in [1.29, 1.82) is 0 Å². The molecular weight excluding hydrogens is 342 g/mol. The number of rotatable bonds is 7. The molecule has 0 saturated carbocycles. The number of hydrogen-bond donors (Lipinski definition) is 1. The number of carbonyl (C=O) groups excluding carboxylic acids is 1. The quantitative estimate of drug-likeness (QED) is 0.698. The number of fused-ring (bicyclic) bond motifs is 1. The molecule has 0 fully saturated rings. The van der Waals surface area contributed by atoms with Crippen LogP contribution in [0.5, 0.6) is 5.75 Å². The fourth-order valence-electron chi connectivity index (χ4n) is 2.96. The first-order chi connectivity index (χ1) is 13.1. The lowest BCUT2D eigenvalue weighted by Gasteiger charge is -2.21. The third kappa shape index (κ3) is 4.53. The van der Waals surface area contributed by atoms with Crippen molar-refractivity contribution in [2.24, 2.45) is 0 Å². The summed E-state index contributed by atoms with van der Waals surface area (Å²) >= 11 is 0. The first-order valence-electron chi connectivity index (χ1n) is 8.99. The van der Waals surface area contributed by atoms with E-state index in [4.69, 9.17) is 4.74 Å². The Morgan fingerprint density at radius 2 is 1.89 bits per heavy atom.